The molecular formula is C19H15Cl2NO2S2. The zero-order valence-corrected chi connectivity index (χ0v) is 17.0. The van der Waals surface area contributed by atoms with Gasteiger partial charge in [0.25, 0.3) is 5.91 Å². The number of carbonyl (C=O) groups is 1. The Kier molecular flexibility index (Phi) is 6.24. The zero-order chi connectivity index (χ0) is 18.7. The van der Waals surface area contributed by atoms with Gasteiger partial charge in [0.15, 0.2) is 0 Å². The van der Waals surface area contributed by atoms with Crippen molar-refractivity contribution in [3.63, 3.8) is 0 Å². The van der Waals surface area contributed by atoms with Crippen molar-refractivity contribution >= 4 is 63.5 Å². The summed E-state index contributed by atoms with van der Waals surface area (Å²) in [5.41, 5.74) is 1.69. The van der Waals surface area contributed by atoms with Crippen molar-refractivity contribution in [3.8, 4) is 5.75 Å². The van der Waals surface area contributed by atoms with Crippen molar-refractivity contribution in [2.45, 2.75) is 13.5 Å². The molecule has 0 unspecified atom stereocenters. The van der Waals surface area contributed by atoms with Gasteiger partial charge in [-0.15, -0.1) is 0 Å². The maximum atomic E-state index is 12.4. The summed E-state index contributed by atoms with van der Waals surface area (Å²) in [5.74, 6) is 0.541. The molecule has 3 rings (SSSR count). The SMILES string of the molecule is CCN1C(=O)/C(=C/c2cc(Cl)ccc2OCc2cccc(Cl)c2)SC1=S. The Labute approximate surface area is 171 Å². The minimum atomic E-state index is -0.0942. The van der Waals surface area contributed by atoms with Crippen LogP contribution in [0.3, 0.4) is 0 Å². The lowest BCUT2D eigenvalue weighted by Crippen LogP contribution is -2.27. The predicted octanol–water partition coefficient (Wildman–Crippen LogP) is 5.79. The monoisotopic (exact) mass is 423 g/mol. The summed E-state index contributed by atoms with van der Waals surface area (Å²) in [7, 11) is 0. The fraction of sp³-hybridized carbons (Fsp3) is 0.158. The van der Waals surface area contributed by atoms with Gasteiger partial charge in [0, 0.05) is 22.2 Å². The third-order valence-electron chi connectivity index (χ3n) is 3.73. The lowest BCUT2D eigenvalue weighted by Gasteiger charge is -2.11. The molecule has 7 heteroatoms. The number of amides is 1. The fourth-order valence-corrected chi connectivity index (χ4v) is 4.23. The van der Waals surface area contributed by atoms with Crippen LogP contribution in [-0.4, -0.2) is 21.7 Å². The first-order valence-electron chi connectivity index (χ1n) is 7.90. The molecule has 2 aromatic rings. The van der Waals surface area contributed by atoms with E-state index in [9.17, 15) is 4.79 Å². The Morgan fingerprint density at radius 1 is 1.19 bits per heavy atom. The average molecular weight is 424 g/mol. The Hall–Kier alpha value is -1.53. The van der Waals surface area contributed by atoms with E-state index in [0.29, 0.717) is 38.2 Å². The second-order valence-corrected chi connectivity index (χ2v) is 8.08. The van der Waals surface area contributed by atoms with Crippen LogP contribution in [0.1, 0.15) is 18.1 Å². The van der Waals surface area contributed by atoms with Crippen LogP contribution in [0.25, 0.3) is 6.08 Å². The van der Waals surface area contributed by atoms with Crippen LogP contribution in [0.5, 0.6) is 5.75 Å². The van der Waals surface area contributed by atoms with E-state index in [4.69, 9.17) is 40.2 Å². The summed E-state index contributed by atoms with van der Waals surface area (Å²) in [6.07, 6.45) is 1.77. The van der Waals surface area contributed by atoms with E-state index in [1.807, 2.05) is 31.2 Å². The lowest BCUT2D eigenvalue weighted by atomic mass is 10.1. The molecule has 0 spiro atoms. The van der Waals surface area contributed by atoms with Gasteiger partial charge in [0.1, 0.15) is 16.7 Å². The second kappa shape index (κ2) is 8.44. The van der Waals surface area contributed by atoms with Crippen molar-refractivity contribution in [2.75, 3.05) is 6.54 Å². The number of likely N-dealkylation sites (N-methyl/N-ethyl adjacent to an activating group) is 1. The largest absolute Gasteiger partial charge is 0.488 e. The summed E-state index contributed by atoms with van der Waals surface area (Å²) < 4.78 is 6.49. The fourth-order valence-electron chi connectivity index (χ4n) is 2.47. The van der Waals surface area contributed by atoms with Crippen molar-refractivity contribution in [1.82, 2.24) is 4.90 Å². The van der Waals surface area contributed by atoms with Crippen LogP contribution in [0.15, 0.2) is 47.4 Å². The Bertz CT molecular complexity index is 899. The first-order chi connectivity index (χ1) is 12.5. The van der Waals surface area contributed by atoms with Gasteiger partial charge in [0.2, 0.25) is 0 Å². The van der Waals surface area contributed by atoms with E-state index >= 15 is 0 Å². The standard InChI is InChI=1S/C19H15Cl2NO2S2/c1-2-22-18(23)17(26-19(22)25)10-13-9-15(21)6-7-16(13)24-11-12-4-3-5-14(20)8-12/h3-10H,2,11H2,1H3/b17-10-. The Morgan fingerprint density at radius 3 is 2.65 bits per heavy atom. The summed E-state index contributed by atoms with van der Waals surface area (Å²) in [4.78, 5) is 14.6. The van der Waals surface area contributed by atoms with Gasteiger partial charge in [-0.2, -0.15) is 0 Å². The predicted molar refractivity (Wildman–Crippen MR) is 113 cm³/mol. The van der Waals surface area contributed by atoms with E-state index in [1.165, 1.54) is 11.8 Å². The molecule has 1 aliphatic heterocycles. The highest BCUT2D eigenvalue weighted by molar-refractivity contribution is 8.26. The molecule has 26 heavy (non-hydrogen) atoms. The number of halogens is 2. The highest BCUT2D eigenvalue weighted by Crippen LogP contribution is 2.35. The number of carbonyl (C=O) groups excluding carboxylic acids is 1. The molecule has 0 bridgehead atoms. The molecule has 2 aromatic carbocycles. The molecule has 0 aromatic heterocycles. The zero-order valence-electron chi connectivity index (χ0n) is 13.9. The minimum Gasteiger partial charge on any atom is -0.488 e. The smallest absolute Gasteiger partial charge is 0.266 e. The molecule has 1 fully saturated rings. The van der Waals surface area contributed by atoms with Crippen molar-refractivity contribution in [3.05, 3.63) is 68.5 Å². The van der Waals surface area contributed by atoms with Gasteiger partial charge >= 0.3 is 0 Å². The van der Waals surface area contributed by atoms with E-state index in [0.717, 1.165) is 11.1 Å². The molecule has 0 radical (unpaired) electrons. The molecule has 3 nitrogen and oxygen atoms in total. The highest BCUT2D eigenvalue weighted by atomic mass is 35.5. The lowest BCUT2D eigenvalue weighted by molar-refractivity contribution is -0.121. The molecule has 1 amide bonds. The maximum absolute atomic E-state index is 12.4. The van der Waals surface area contributed by atoms with Gasteiger partial charge in [-0.25, -0.2) is 0 Å². The molecular weight excluding hydrogens is 409 g/mol. The number of ether oxygens (including phenoxy) is 1. The first-order valence-corrected chi connectivity index (χ1v) is 9.88. The third kappa shape index (κ3) is 4.41. The number of thioether (sulfide) groups is 1. The second-order valence-electron chi connectivity index (χ2n) is 5.53. The van der Waals surface area contributed by atoms with Gasteiger partial charge < -0.3 is 4.74 Å². The molecule has 0 saturated carbocycles. The topological polar surface area (TPSA) is 29.5 Å². The summed E-state index contributed by atoms with van der Waals surface area (Å²) in [6, 6.07) is 12.8. The number of hydrogen-bond acceptors (Lipinski definition) is 4. The maximum Gasteiger partial charge on any atom is 0.266 e. The van der Waals surface area contributed by atoms with Crippen molar-refractivity contribution in [1.29, 1.82) is 0 Å². The molecule has 0 atom stereocenters. The van der Waals surface area contributed by atoms with Crippen LogP contribution >= 0.6 is 47.2 Å². The number of nitrogens with zero attached hydrogens (tertiary/aromatic N) is 1. The van der Waals surface area contributed by atoms with Crippen LogP contribution < -0.4 is 4.74 Å². The molecule has 1 saturated heterocycles. The molecule has 0 N–H and O–H groups in total. The van der Waals surface area contributed by atoms with Crippen LogP contribution in [0.2, 0.25) is 10.0 Å². The summed E-state index contributed by atoms with van der Waals surface area (Å²) >= 11 is 18.7. The van der Waals surface area contributed by atoms with E-state index in [2.05, 4.69) is 0 Å². The molecule has 1 heterocycles. The van der Waals surface area contributed by atoms with Crippen LogP contribution in [-0.2, 0) is 11.4 Å². The minimum absolute atomic E-state index is 0.0942. The van der Waals surface area contributed by atoms with E-state index < -0.39 is 0 Å². The molecule has 134 valence electrons. The van der Waals surface area contributed by atoms with Crippen LogP contribution in [0.4, 0.5) is 0 Å². The molecule has 1 aliphatic rings. The number of benzene rings is 2. The third-order valence-corrected chi connectivity index (χ3v) is 5.58. The number of thiocarbonyl (C=S) groups is 1. The van der Waals surface area contributed by atoms with E-state index in [-0.39, 0.29) is 5.91 Å². The van der Waals surface area contributed by atoms with Gasteiger partial charge in [0.05, 0.1) is 4.91 Å². The first kappa shape index (κ1) is 19.2. The quantitative estimate of drug-likeness (QED) is 0.449. The van der Waals surface area contributed by atoms with E-state index in [1.54, 1.807) is 29.2 Å². The highest BCUT2D eigenvalue weighted by Gasteiger charge is 2.30. The molecule has 0 aliphatic carbocycles. The van der Waals surface area contributed by atoms with Crippen LogP contribution in [0, 0.1) is 0 Å². The van der Waals surface area contributed by atoms with Crippen molar-refractivity contribution in [2.24, 2.45) is 0 Å². The normalized spacial score (nSPS) is 15.8. The summed E-state index contributed by atoms with van der Waals surface area (Å²) in [5, 5.41) is 1.22. The van der Waals surface area contributed by atoms with Gasteiger partial charge in [-0.05, 0) is 48.9 Å². The average Bonchev–Trinajstić information content (AvgIpc) is 2.87. The van der Waals surface area contributed by atoms with Gasteiger partial charge in [-0.3, -0.25) is 9.69 Å². The number of hydrogen-bond donors (Lipinski definition) is 0. The Balaban J connectivity index is 1.86. The van der Waals surface area contributed by atoms with Crippen molar-refractivity contribution < 1.29 is 9.53 Å². The summed E-state index contributed by atoms with van der Waals surface area (Å²) in [6.45, 7) is 2.81. The van der Waals surface area contributed by atoms with Gasteiger partial charge in [-0.1, -0.05) is 59.3 Å². The Morgan fingerprint density at radius 2 is 1.96 bits per heavy atom. The number of rotatable bonds is 5.